The van der Waals surface area contributed by atoms with E-state index in [0.29, 0.717) is 5.69 Å². The largest absolute Gasteiger partial charge is 0.457 e. The molecule has 2 rings (SSSR count). The van der Waals surface area contributed by atoms with Crippen LogP contribution in [0.15, 0.2) is 47.1 Å². The standard InChI is InChI=1S/C13H10FNO4/c14-9-3-1-4-10(7-9)15-12(16)8-19-13(17)11-5-2-6-18-11/h1-7H,8H2,(H,15,16). The van der Waals surface area contributed by atoms with E-state index in [1.165, 1.54) is 36.6 Å². The second kappa shape index (κ2) is 5.81. The zero-order chi connectivity index (χ0) is 13.7. The minimum Gasteiger partial charge on any atom is -0.457 e. The van der Waals surface area contributed by atoms with Gasteiger partial charge < -0.3 is 14.5 Å². The first kappa shape index (κ1) is 12.8. The van der Waals surface area contributed by atoms with Gasteiger partial charge in [-0.1, -0.05) is 6.07 Å². The first-order valence-corrected chi connectivity index (χ1v) is 5.41. The molecule has 98 valence electrons. The summed E-state index contributed by atoms with van der Waals surface area (Å²) < 4.78 is 22.4. The Hall–Kier alpha value is -2.63. The molecule has 0 saturated carbocycles. The highest BCUT2D eigenvalue weighted by Crippen LogP contribution is 2.09. The van der Waals surface area contributed by atoms with E-state index in [9.17, 15) is 14.0 Å². The number of hydrogen-bond acceptors (Lipinski definition) is 4. The van der Waals surface area contributed by atoms with Crippen molar-refractivity contribution in [1.82, 2.24) is 0 Å². The van der Waals surface area contributed by atoms with Gasteiger partial charge in [-0.2, -0.15) is 0 Å². The molecule has 0 aliphatic heterocycles. The highest BCUT2D eigenvalue weighted by Gasteiger charge is 2.12. The van der Waals surface area contributed by atoms with Crippen LogP contribution in [0.1, 0.15) is 10.6 Å². The van der Waals surface area contributed by atoms with Crippen LogP contribution in [0, 0.1) is 5.82 Å². The van der Waals surface area contributed by atoms with Crippen molar-refractivity contribution >= 4 is 17.6 Å². The zero-order valence-electron chi connectivity index (χ0n) is 9.76. The summed E-state index contributed by atoms with van der Waals surface area (Å²) in [4.78, 5) is 22.8. The highest BCUT2D eigenvalue weighted by atomic mass is 19.1. The molecule has 0 unspecified atom stereocenters. The Morgan fingerprint density at radius 2 is 2.11 bits per heavy atom. The summed E-state index contributed by atoms with van der Waals surface area (Å²) in [5, 5.41) is 2.40. The van der Waals surface area contributed by atoms with Crippen molar-refractivity contribution < 1.29 is 23.1 Å². The SMILES string of the molecule is O=C(COC(=O)c1ccco1)Nc1cccc(F)c1. The van der Waals surface area contributed by atoms with E-state index in [4.69, 9.17) is 9.15 Å². The number of anilines is 1. The third-order valence-electron chi connectivity index (χ3n) is 2.17. The van der Waals surface area contributed by atoms with E-state index in [-0.39, 0.29) is 5.76 Å². The van der Waals surface area contributed by atoms with Crippen LogP contribution < -0.4 is 5.32 Å². The molecule has 0 aliphatic carbocycles. The van der Waals surface area contributed by atoms with Crippen molar-refractivity contribution in [2.45, 2.75) is 0 Å². The average molecular weight is 263 g/mol. The monoisotopic (exact) mass is 263 g/mol. The number of ether oxygens (including phenoxy) is 1. The zero-order valence-corrected chi connectivity index (χ0v) is 9.76. The maximum absolute atomic E-state index is 12.9. The molecular weight excluding hydrogens is 253 g/mol. The van der Waals surface area contributed by atoms with Crippen LogP contribution in [-0.2, 0) is 9.53 Å². The van der Waals surface area contributed by atoms with E-state index < -0.39 is 24.3 Å². The van der Waals surface area contributed by atoms with Crippen LogP contribution in [0.25, 0.3) is 0 Å². The topological polar surface area (TPSA) is 68.5 Å². The van der Waals surface area contributed by atoms with Crippen LogP contribution in [0.2, 0.25) is 0 Å². The Morgan fingerprint density at radius 1 is 1.26 bits per heavy atom. The van der Waals surface area contributed by atoms with Gasteiger partial charge in [-0.05, 0) is 30.3 Å². The first-order valence-electron chi connectivity index (χ1n) is 5.41. The van der Waals surface area contributed by atoms with Crippen molar-refractivity contribution in [2.75, 3.05) is 11.9 Å². The van der Waals surface area contributed by atoms with Crippen molar-refractivity contribution in [3.05, 3.63) is 54.2 Å². The number of carbonyl (C=O) groups is 2. The number of nitrogens with one attached hydrogen (secondary N) is 1. The quantitative estimate of drug-likeness (QED) is 0.859. The lowest BCUT2D eigenvalue weighted by atomic mass is 10.3. The average Bonchev–Trinajstić information content (AvgIpc) is 2.90. The third-order valence-corrected chi connectivity index (χ3v) is 2.17. The fraction of sp³-hybridized carbons (Fsp3) is 0.0769. The second-order valence-electron chi connectivity index (χ2n) is 3.61. The van der Waals surface area contributed by atoms with Gasteiger partial charge in [-0.3, -0.25) is 4.79 Å². The Balaban J connectivity index is 1.83. The van der Waals surface area contributed by atoms with E-state index in [1.54, 1.807) is 0 Å². The molecule has 0 bridgehead atoms. The first-order chi connectivity index (χ1) is 9.15. The van der Waals surface area contributed by atoms with Crippen molar-refractivity contribution in [2.24, 2.45) is 0 Å². The number of rotatable bonds is 4. The molecule has 1 aromatic carbocycles. The summed E-state index contributed by atoms with van der Waals surface area (Å²) in [6.07, 6.45) is 1.32. The summed E-state index contributed by atoms with van der Waals surface area (Å²) in [6.45, 7) is -0.476. The number of carbonyl (C=O) groups excluding carboxylic acids is 2. The molecule has 1 amide bonds. The predicted octanol–water partition coefficient (Wildman–Crippen LogP) is 2.21. The van der Waals surface area contributed by atoms with Crippen molar-refractivity contribution in [1.29, 1.82) is 0 Å². The van der Waals surface area contributed by atoms with Gasteiger partial charge in [0.15, 0.2) is 6.61 Å². The van der Waals surface area contributed by atoms with Gasteiger partial charge in [0.05, 0.1) is 6.26 Å². The van der Waals surface area contributed by atoms with Crippen LogP contribution in [0.3, 0.4) is 0 Å². The maximum atomic E-state index is 12.9. The minimum atomic E-state index is -0.737. The molecule has 19 heavy (non-hydrogen) atoms. The molecule has 2 aromatic rings. The summed E-state index contributed by atoms with van der Waals surface area (Å²) in [6, 6.07) is 8.35. The smallest absolute Gasteiger partial charge is 0.374 e. The van der Waals surface area contributed by atoms with Crippen LogP contribution >= 0.6 is 0 Å². The summed E-state index contributed by atoms with van der Waals surface area (Å²) in [7, 11) is 0. The molecule has 1 heterocycles. The maximum Gasteiger partial charge on any atom is 0.374 e. The molecule has 6 heteroatoms. The van der Waals surface area contributed by atoms with Gasteiger partial charge in [0.2, 0.25) is 5.76 Å². The van der Waals surface area contributed by atoms with Gasteiger partial charge in [0.1, 0.15) is 5.82 Å². The van der Waals surface area contributed by atoms with Crippen LogP contribution in [-0.4, -0.2) is 18.5 Å². The molecule has 1 aromatic heterocycles. The summed E-state index contributed by atoms with van der Waals surface area (Å²) in [5.41, 5.74) is 0.291. The summed E-state index contributed by atoms with van der Waals surface area (Å²) >= 11 is 0. The van der Waals surface area contributed by atoms with Gasteiger partial charge >= 0.3 is 5.97 Å². The molecule has 1 N–H and O–H groups in total. The number of amides is 1. The third kappa shape index (κ3) is 3.67. The molecule has 5 nitrogen and oxygen atoms in total. The normalized spacial score (nSPS) is 9.95. The van der Waals surface area contributed by atoms with E-state index >= 15 is 0 Å². The molecule has 0 saturated heterocycles. The molecule has 0 fully saturated rings. The molecule has 0 radical (unpaired) electrons. The van der Waals surface area contributed by atoms with E-state index in [2.05, 4.69) is 5.32 Å². The van der Waals surface area contributed by atoms with Gasteiger partial charge in [0.25, 0.3) is 5.91 Å². The van der Waals surface area contributed by atoms with Crippen molar-refractivity contribution in [3.63, 3.8) is 0 Å². The van der Waals surface area contributed by atoms with E-state index in [1.807, 2.05) is 0 Å². The lowest BCUT2D eigenvalue weighted by molar-refractivity contribution is -0.119. The minimum absolute atomic E-state index is 0.0126. The van der Waals surface area contributed by atoms with Gasteiger partial charge in [-0.15, -0.1) is 0 Å². The second-order valence-corrected chi connectivity index (χ2v) is 3.61. The predicted molar refractivity (Wildman–Crippen MR) is 64.0 cm³/mol. The lowest BCUT2D eigenvalue weighted by Crippen LogP contribution is -2.20. The number of benzene rings is 1. The Labute approximate surface area is 108 Å². The van der Waals surface area contributed by atoms with Crippen LogP contribution in [0.5, 0.6) is 0 Å². The van der Waals surface area contributed by atoms with Gasteiger partial charge in [0, 0.05) is 5.69 Å². The Bertz CT molecular complexity index is 580. The number of hydrogen-bond donors (Lipinski definition) is 1. The number of esters is 1. The van der Waals surface area contributed by atoms with Gasteiger partial charge in [-0.25, -0.2) is 9.18 Å². The number of halogens is 1. The van der Waals surface area contributed by atoms with Crippen molar-refractivity contribution in [3.8, 4) is 0 Å². The summed E-state index contributed by atoms with van der Waals surface area (Å²) in [5.74, 6) is -1.76. The fourth-order valence-electron chi connectivity index (χ4n) is 1.36. The molecule has 0 spiro atoms. The number of furan rings is 1. The molecule has 0 atom stereocenters. The van der Waals surface area contributed by atoms with E-state index in [0.717, 1.165) is 6.07 Å². The molecule has 0 aliphatic rings. The van der Waals surface area contributed by atoms with Crippen LogP contribution in [0.4, 0.5) is 10.1 Å². The lowest BCUT2D eigenvalue weighted by Gasteiger charge is -2.05. The fourth-order valence-corrected chi connectivity index (χ4v) is 1.36. The molecular formula is C13H10FNO4. The highest BCUT2D eigenvalue weighted by molar-refractivity contribution is 5.94. The Morgan fingerprint density at radius 3 is 2.79 bits per heavy atom. The Kier molecular flexibility index (Phi) is 3.92.